The second-order valence-corrected chi connectivity index (χ2v) is 11.4. The molecule has 42 heavy (non-hydrogen) atoms. The number of aliphatic hydroxyl groups is 4. The molecule has 0 radical (unpaired) electrons. The monoisotopic (exact) mass is 590 g/mol. The molecule has 0 aliphatic heterocycles. The molecule has 5 atom stereocenters. The highest BCUT2D eigenvalue weighted by Crippen LogP contribution is 2.26. The maximum Gasteiger partial charge on any atom is 0.303 e. The molecule has 0 fully saturated rings. The molecule has 240 valence electrons. The zero-order chi connectivity index (χ0) is 31.2. The van der Waals surface area contributed by atoms with Gasteiger partial charge >= 0.3 is 5.97 Å². The lowest BCUT2D eigenvalue weighted by Crippen LogP contribution is -2.38. The van der Waals surface area contributed by atoms with Crippen LogP contribution < -0.4 is 10.6 Å². The Morgan fingerprint density at radius 1 is 0.929 bits per heavy atom. The van der Waals surface area contributed by atoms with Crippen molar-refractivity contribution in [1.29, 1.82) is 0 Å². The van der Waals surface area contributed by atoms with E-state index in [1.165, 1.54) is 5.56 Å². The van der Waals surface area contributed by atoms with Gasteiger partial charge in [-0.05, 0) is 75.1 Å². The molecule has 0 amide bonds. The van der Waals surface area contributed by atoms with Gasteiger partial charge in [0.2, 0.25) is 0 Å². The van der Waals surface area contributed by atoms with Crippen LogP contribution in [0.5, 0.6) is 0 Å². The first-order valence-corrected chi connectivity index (χ1v) is 16.0. The fourth-order valence-electron chi connectivity index (χ4n) is 5.23. The second kappa shape index (κ2) is 23.4. The minimum absolute atomic E-state index is 0.0923. The van der Waals surface area contributed by atoms with Crippen LogP contribution in [0.1, 0.15) is 97.0 Å². The first-order chi connectivity index (χ1) is 20.2. The molecule has 1 aromatic rings. The van der Waals surface area contributed by atoms with Crippen molar-refractivity contribution in [2.45, 2.75) is 128 Å². The molecule has 8 heteroatoms. The van der Waals surface area contributed by atoms with Crippen LogP contribution >= 0.6 is 0 Å². The van der Waals surface area contributed by atoms with E-state index in [-0.39, 0.29) is 31.5 Å². The molecule has 0 saturated heterocycles. The number of carboxylic acids is 1. The van der Waals surface area contributed by atoms with Crippen LogP contribution in [0.2, 0.25) is 0 Å². The third kappa shape index (κ3) is 17.8. The molecular weight excluding hydrogens is 532 g/mol. The van der Waals surface area contributed by atoms with E-state index in [1.54, 1.807) is 6.92 Å². The predicted molar refractivity (Wildman–Crippen MR) is 170 cm³/mol. The third-order valence-corrected chi connectivity index (χ3v) is 7.55. The van der Waals surface area contributed by atoms with Gasteiger partial charge in [-0.2, -0.15) is 0 Å². The fourth-order valence-corrected chi connectivity index (χ4v) is 5.23. The molecule has 0 unspecified atom stereocenters. The lowest BCUT2D eigenvalue weighted by molar-refractivity contribution is -0.137. The Balaban J connectivity index is 3.37. The Morgan fingerprint density at radius 3 is 2.29 bits per heavy atom. The quantitative estimate of drug-likeness (QED) is 0.0652. The molecule has 8 nitrogen and oxygen atoms in total. The van der Waals surface area contributed by atoms with Crippen LogP contribution in [0.15, 0.2) is 53.6 Å². The van der Waals surface area contributed by atoms with Crippen LogP contribution in [0.3, 0.4) is 0 Å². The molecule has 1 aromatic carbocycles. The highest BCUT2D eigenvalue weighted by molar-refractivity contribution is 5.66. The molecule has 1 rings (SSSR count). The number of benzene rings is 1. The van der Waals surface area contributed by atoms with Gasteiger partial charge in [-0.15, -0.1) is 0 Å². The van der Waals surface area contributed by atoms with Crippen molar-refractivity contribution in [2.24, 2.45) is 0 Å². The van der Waals surface area contributed by atoms with Gasteiger partial charge in [0, 0.05) is 25.0 Å². The Kier molecular flexibility index (Phi) is 21.1. The number of aliphatic carboxylic acids is 1. The number of carboxylic acid groups (broad SMARTS) is 1. The summed E-state index contributed by atoms with van der Waals surface area (Å²) in [5, 5.41) is 57.2. The van der Waals surface area contributed by atoms with Gasteiger partial charge < -0.3 is 36.2 Å². The van der Waals surface area contributed by atoms with Gasteiger partial charge in [-0.3, -0.25) is 4.79 Å². The van der Waals surface area contributed by atoms with E-state index in [1.807, 2.05) is 37.3 Å². The average molecular weight is 591 g/mol. The molecule has 0 saturated carbocycles. The number of nitrogens with one attached hydrogen (secondary N) is 2. The van der Waals surface area contributed by atoms with Crippen molar-refractivity contribution in [3.8, 4) is 0 Å². The van der Waals surface area contributed by atoms with E-state index in [2.05, 4.69) is 29.7 Å². The number of aryl methyl sites for hydroxylation is 1. The third-order valence-electron chi connectivity index (χ3n) is 7.55. The van der Waals surface area contributed by atoms with Crippen molar-refractivity contribution < 1.29 is 30.3 Å². The van der Waals surface area contributed by atoms with Crippen molar-refractivity contribution in [1.82, 2.24) is 10.6 Å². The predicted octanol–water partition coefficient (Wildman–Crippen LogP) is 4.51. The van der Waals surface area contributed by atoms with Crippen molar-refractivity contribution in [3.05, 3.63) is 59.2 Å². The van der Waals surface area contributed by atoms with E-state index in [0.717, 1.165) is 62.6 Å². The topological polar surface area (TPSA) is 142 Å². The van der Waals surface area contributed by atoms with E-state index < -0.39 is 24.3 Å². The van der Waals surface area contributed by atoms with E-state index >= 15 is 0 Å². The lowest BCUT2D eigenvalue weighted by Gasteiger charge is -2.28. The van der Waals surface area contributed by atoms with Crippen molar-refractivity contribution in [3.63, 3.8) is 0 Å². The number of hydrogen-bond acceptors (Lipinski definition) is 7. The molecule has 0 spiro atoms. The van der Waals surface area contributed by atoms with Crippen LogP contribution in [-0.4, -0.2) is 81.6 Å². The smallest absolute Gasteiger partial charge is 0.303 e. The normalized spacial score (nSPS) is 16.2. The number of rotatable bonds is 25. The van der Waals surface area contributed by atoms with Gasteiger partial charge in [-0.25, -0.2) is 0 Å². The molecular formula is C34H58N2O6. The standard InChI is InChI=1S/C34H58N2O6/c1-4-6-8-15-30(39)21-19-28(18-17-27-12-9-7-10-13-27)32(23-31(40)25-37)33(36-24-26(3)38)16-11-14-29(35-5-2)20-22-34(41)42/h7,9-10,12-13,19,21,26,29-31,33,35-40H,4-6,8,11,14-18,20,22-25H2,1-3H3,(H,41,42)/b21-19+,32-28+/t26-,29+,30-,31-,33-/m0/s1. The Morgan fingerprint density at radius 2 is 1.67 bits per heavy atom. The van der Waals surface area contributed by atoms with Gasteiger partial charge in [0.1, 0.15) is 0 Å². The lowest BCUT2D eigenvalue weighted by atomic mass is 9.87. The number of carbonyl (C=O) groups is 1. The van der Waals surface area contributed by atoms with Gasteiger partial charge in [-0.1, -0.05) is 82.0 Å². The fraction of sp³-hybridized carbons (Fsp3) is 0.676. The average Bonchev–Trinajstić information content (AvgIpc) is 2.97. The SMILES string of the molecule is CCCCC[C@H](O)/C=C/C(CCc1ccccc1)=C(\C[C@H](O)CO)[C@H](CCC[C@H](CCC(=O)O)NCC)NC[C@H](C)O. The van der Waals surface area contributed by atoms with Crippen molar-refractivity contribution in [2.75, 3.05) is 19.7 Å². The molecule has 0 aliphatic rings. The molecule has 0 bridgehead atoms. The largest absolute Gasteiger partial charge is 0.481 e. The molecule has 7 N–H and O–H groups in total. The maximum absolute atomic E-state index is 11.1. The molecule has 0 aromatic heterocycles. The zero-order valence-corrected chi connectivity index (χ0v) is 26.2. The Bertz CT molecular complexity index is 889. The number of allylic oxidation sites excluding steroid dienone is 2. The second-order valence-electron chi connectivity index (χ2n) is 11.4. The summed E-state index contributed by atoms with van der Waals surface area (Å²) in [7, 11) is 0. The minimum Gasteiger partial charge on any atom is -0.481 e. The Hall–Kier alpha value is -2.07. The highest BCUT2D eigenvalue weighted by Gasteiger charge is 2.22. The number of aliphatic hydroxyl groups excluding tert-OH is 4. The summed E-state index contributed by atoms with van der Waals surface area (Å²) in [4.78, 5) is 11.1. The molecule has 0 aliphatic carbocycles. The summed E-state index contributed by atoms with van der Waals surface area (Å²) in [6.07, 6.45) is 10.3. The van der Waals surface area contributed by atoms with E-state index in [0.29, 0.717) is 25.8 Å². The summed E-state index contributed by atoms with van der Waals surface area (Å²) in [5.74, 6) is -0.802. The highest BCUT2D eigenvalue weighted by atomic mass is 16.4. The summed E-state index contributed by atoms with van der Waals surface area (Å²) in [5.41, 5.74) is 3.17. The first kappa shape index (κ1) is 38.0. The maximum atomic E-state index is 11.1. The van der Waals surface area contributed by atoms with E-state index in [4.69, 9.17) is 5.11 Å². The number of unbranched alkanes of at least 4 members (excludes halogenated alkanes) is 2. The van der Waals surface area contributed by atoms with Crippen LogP contribution in [0.4, 0.5) is 0 Å². The Labute approximate surface area is 254 Å². The minimum atomic E-state index is -0.935. The summed E-state index contributed by atoms with van der Waals surface area (Å²) >= 11 is 0. The molecule has 0 heterocycles. The summed E-state index contributed by atoms with van der Waals surface area (Å²) in [6.45, 7) is 6.65. The van der Waals surface area contributed by atoms with Crippen LogP contribution in [0, 0.1) is 0 Å². The first-order valence-electron chi connectivity index (χ1n) is 16.0. The summed E-state index contributed by atoms with van der Waals surface area (Å²) in [6, 6.07) is 10.1. The van der Waals surface area contributed by atoms with Crippen LogP contribution in [-0.2, 0) is 11.2 Å². The van der Waals surface area contributed by atoms with Gasteiger partial charge in [0.25, 0.3) is 0 Å². The number of hydrogen-bond donors (Lipinski definition) is 7. The summed E-state index contributed by atoms with van der Waals surface area (Å²) < 4.78 is 0. The van der Waals surface area contributed by atoms with E-state index in [9.17, 15) is 25.2 Å². The van der Waals surface area contributed by atoms with Gasteiger partial charge in [0.05, 0.1) is 24.9 Å². The van der Waals surface area contributed by atoms with Gasteiger partial charge in [0.15, 0.2) is 0 Å². The zero-order valence-electron chi connectivity index (χ0n) is 26.2. The van der Waals surface area contributed by atoms with Crippen LogP contribution in [0.25, 0.3) is 0 Å². The van der Waals surface area contributed by atoms with Crippen molar-refractivity contribution >= 4 is 5.97 Å².